The molecule has 112 valence electrons. The first kappa shape index (κ1) is 14.0. The van der Waals surface area contributed by atoms with Crippen molar-refractivity contribution >= 4 is 11.9 Å². The number of imide groups is 1. The van der Waals surface area contributed by atoms with Gasteiger partial charge in [-0.05, 0) is 37.1 Å². The van der Waals surface area contributed by atoms with E-state index in [9.17, 15) is 9.59 Å². The molecule has 1 aliphatic carbocycles. The molecule has 0 aromatic carbocycles. The van der Waals surface area contributed by atoms with Crippen LogP contribution < -0.4 is 11.1 Å². The zero-order chi connectivity index (χ0) is 14.9. The number of nitrogens with zero attached hydrogens (tertiary/aromatic N) is 2. The Morgan fingerprint density at radius 1 is 1.33 bits per heavy atom. The van der Waals surface area contributed by atoms with Crippen molar-refractivity contribution in [1.82, 2.24) is 15.2 Å². The van der Waals surface area contributed by atoms with Crippen LogP contribution in [0, 0.1) is 5.92 Å². The zero-order valence-electron chi connectivity index (χ0n) is 11.9. The Morgan fingerprint density at radius 3 is 2.81 bits per heavy atom. The Kier molecular flexibility index (Phi) is 3.63. The summed E-state index contributed by atoms with van der Waals surface area (Å²) in [4.78, 5) is 30.4. The van der Waals surface area contributed by atoms with Crippen LogP contribution in [0.2, 0.25) is 0 Å². The minimum Gasteiger partial charge on any atom is -0.330 e. The SMILES string of the molecule is NCC1CCCCC12NC(=O)N(Cc1ccncc1)C2=O. The lowest BCUT2D eigenvalue weighted by Crippen LogP contribution is -2.56. The molecule has 1 aliphatic heterocycles. The van der Waals surface area contributed by atoms with Gasteiger partial charge in [0.25, 0.3) is 5.91 Å². The monoisotopic (exact) mass is 288 g/mol. The highest BCUT2D eigenvalue weighted by Crippen LogP contribution is 2.38. The molecule has 0 radical (unpaired) electrons. The van der Waals surface area contributed by atoms with Gasteiger partial charge in [0.1, 0.15) is 5.54 Å². The van der Waals surface area contributed by atoms with E-state index < -0.39 is 5.54 Å². The topological polar surface area (TPSA) is 88.3 Å². The largest absolute Gasteiger partial charge is 0.330 e. The molecule has 21 heavy (non-hydrogen) atoms. The maximum absolute atomic E-state index is 12.8. The fourth-order valence-electron chi connectivity index (χ4n) is 3.47. The van der Waals surface area contributed by atoms with Crippen LogP contribution in [0.5, 0.6) is 0 Å². The lowest BCUT2D eigenvalue weighted by Gasteiger charge is -2.38. The Hall–Kier alpha value is -1.95. The molecule has 3 rings (SSSR count). The van der Waals surface area contributed by atoms with Crippen molar-refractivity contribution in [3.05, 3.63) is 30.1 Å². The number of hydrogen-bond donors (Lipinski definition) is 2. The number of carbonyl (C=O) groups excluding carboxylic acids is 2. The maximum Gasteiger partial charge on any atom is 0.325 e. The van der Waals surface area contributed by atoms with E-state index in [-0.39, 0.29) is 24.4 Å². The standard InChI is InChI=1S/C15H20N4O2/c16-9-12-3-1-2-6-15(12)13(20)19(14(21)18-15)10-11-4-7-17-8-5-11/h4-5,7-8,12H,1-3,6,9-10,16H2,(H,18,21). The van der Waals surface area contributed by atoms with Crippen molar-refractivity contribution in [2.75, 3.05) is 6.54 Å². The first-order valence-corrected chi connectivity index (χ1v) is 7.40. The molecule has 3 N–H and O–H groups in total. The number of carbonyl (C=O) groups is 2. The Bertz CT molecular complexity index is 548. The minimum atomic E-state index is -0.781. The Labute approximate surface area is 123 Å². The van der Waals surface area contributed by atoms with Gasteiger partial charge in [0.15, 0.2) is 0 Å². The zero-order valence-corrected chi connectivity index (χ0v) is 11.9. The quantitative estimate of drug-likeness (QED) is 0.813. The second-order valence-electron chi connectivity index (χ2n) is 5.83. The number of rotatable bonds is 3. The lowest BCUT2D eigenvalue weighted by molar-refractivity contribution is -0.134. The van der Waals surface area contributed by atoms with E-state index in [1.807, 2.05) is 12.1 Å². The molecule has 1 aromatic rings. The van der Waals surface area contributed by atoms with E-state index in [1.165, 1.54) is 4.90 Å². The molecule has 2 aliphatic rings. The van der Waals surface area contributed by atoms with E-state index in [1.54, 1.807) is 12.4 Å². The van der Waals surface area contributed by atoms with Crippen molar-refractivity contribution < 1.29 is 9.59 Å². The lowest BCUT2D eigenvalue weighted by atomic mass is 9.72. The molecule has 1 saturated carbocycles. The molecular formula is C15H20N4O2. The van der Waals surface area contributed by atoms with E-state index in [2.05, 4.69) is 10.3 Å². The summed E-state index contributed by atoms with van der Waals surface area (Å²) in [7, 11) is 0. The summed E-state index contributed by atoms with van der Waals surface area (Å²) < 4.78 is 0. The van der Waals surface area contributed by atoms with Crippen molar-refractivity contribution in [2.24, 2.45) is 11.7 Å². The second kappa shape index (κ2) is 5.44. The van der Waals surface area contributed by atoms with Gasteiger partial charge >= 0.3 is 6.03 Å². The van der Waals surface area contributed by atoms with Crippen molar-refractivity contribution in [3.63, 3.8) is 0 Å². The number of nitrogens with one attached hydrogen (secondary N) is 1. The number of amides is 3. The smallest absolute Gasteiger partial charge is 0.325 e. The minimum absolute atomic E-state index is 0.0325. The van der Waals surface area contributed by atoms with Gasteiger partial charge in [-0.15, -0.1) is 0 Å². The summed E-state index contributed by atoms with van der Waals surface area (Å²) in [5, 5.41) is 2.93. The number of pyridine rings is 1. The van der Waals surface area contributed by atoms with Crippen LogP contribution in [0.1, 0.15) is 31.2 Å². The summed E-state index contributed by atoms with van der Waals surface area (Å²) in [6, 6.07) is 3.32. The summed E-state index contributed by atoms with van der Waals surface area (Å²) >= 11 is 0. The van der Waals surface area contributed by atoms with Crippen LogP contribution in [-0.2, 0) is 11.3 Å². The summed E-state index contributed by atoms with van der Waals surface area (Å²) in [5.74, 6) is -0.0930. The molecule has 3 amide bonds. The first-order valence-electron chi connectivity index (χ1n) is 7.40. The third kappa shape index (κ3) is 2.29. The van der Waals surface area contributed by atoms with Crippen molar-refractivity contribution in [2.45, 2.75) is 37.8 Å². The normalized spacial score (nSPS) is 29.0. The summed E-state index contributed by atoms with van der Waals surface area (Å²) in [5.41, 5.74) is 5.95. The fraction of sp³-hybridized carbons (Fsp3) is 0.533. The molecule has 1 saturated heterocycles. The average molecular weight is 288 g/mol. The molecule has 1 spiro atoms. The van der Waals surface area contributed by atoms with Crippen LogP contribution in [0.15, 0.2) is 24.5 Å². The van der Waals surface area contributed by atoms with Crippen LogP contribution in [0.3, 0.4) is 0 Å². The molecule has 6 nitrogen and oxygen atoms in total. The van der Waals surface area contributed by atoms with E-state index in [0.717, 1.165) is 24.8 Å². The molecule has 2 unspecified atom stereocenters. The first-order chi connectivity index (χ1) is 10.2. The second-order valence-corrected chi connectivity index (χ2v) is 5.83. The van der Waals surface area contributed by atoms with E-state index >= 15 is 0 Å². The average Bonchev–Trinajstić information content (AvgIpc) is 2.74. The van der Waals surface area contributed by atoms with E-state index in [0.29, 0.717) is 13.0 Å². The number of urea groups is 1. The van der Waals surface area contributed by atoms with Gasteiger partial charge in [0, 0.05) is 18.3 Å². The number of nitrogens with two attached hydrogens (primary N) is 1. The predicted octanol–water partition coefficient (Wildman–Crippen LogP) is 1.02. The molecule has 2 atom stereocenters. The molecule has 1 aromatic heterocycles. The van der Waals surface area contributed by atoms with Gasteiger partial charge in [-0.3, -0.25) is 14.7 Å². The van der Waals surface area contributed by atoms with E-state index in [4.69, 9.17) is 5.73 Å². The number of hydrogen-bond acceptors (Lipinski definition) is 4. The highest BCUT2D eigenvalue weighted by molar-refractivity contribution is 6.07. The molecule has 2 fully saturated rings. The number of aromatic nitrogens is 1. The third-order valence-corrected chi connectivity index (χ3v) is 4.65. The van der Waals surface area contributed by atoms with Gasteiger partial charge in [-0.2, -0.15) is 0 Å². The summed E-state index contributed by atoms with van der Waals surface area (Å²) in [6.07, 6.45) is 6.92. The van der Waals surface area contributed by atoms with Gasteiger partial charge in [0.2, 0.25) is 0 Å². The Balaban J connectivity index is 1.84. The predicted molar refractivity (Wildman–Crippen MR) is 77.1 cm³/mol. The van der Waals surface area contributed by atoms with Crippen LogP contribution in [0.25, 0.3) is 0 Å². The van der Waals surface area contributed by atoms with Crippen molar-refractivity contribution in [3.8, 4) is 0 Å². The van der Waals surface area contributed by atoms with Crippen molar-refractivity contribution in [1.29, 1.82) is 0 Å². The maximum atomic E-state index is 12.8. The highest BCUT2D eigenvalue weighted by Gasteiger charge is 2.55. The van der Waals surface area contributed by atoms with Gasteiger partial charge in [-0.25, -0.2) is 4.79 Å². The summed E-state index contributed by atoms with van der Waals surface area (Å²) in [6.45, 7) is 0.710. The molecular weight excluding hydrogens is 268 g/mol. The fourth-order valence-corrected chi connectivity index (χ4v) is 3.47. The van der Waals surface area contributed by atoms with Gasteiger partial charge in [0.05, 0.1) is 6.54 Å². The molecule has 0 bridgehead atoms. The van der Waals surface area contributed by atoms with Gasteiger partial charge in [-0.1, -0.05) is 12.8 Å². The van der Waals surface area contributed by atoms with Crippen LogP contribution in [-0.4, -0.2) is 33.9 Å². The van der Waals surface area contributed by atoms with Gasteiger partial charge < -0.3 is 11.1 Å². The Morgan fingerprint density at radius 2 is 2.10 bits per heavy atom. The highest BCUT2D eigenvalue weighted by atomic mass is 16.2. The molecule has 2 heterocycles. The third-order valence-electron chi connectivity index (χ3n) is 4.65. The van der Waals surface area contributed by atoms with Crippen LogP contribution >= 0.6 is 0 Å². The van der Waals surface area contributed by atoms with Crippen LogP contribution in [0.4, 0.5) is 4.79 Å². The molecule has 6 heteroatoms.